The molecule has 7 nitrogen and oxygen atoms in total. The third-order valence-electron chi connectivity index (χ3n) is 5.84. The lowest BCUT2D eigenvalue weighted by Gasteiger charge is -2.18. The molecule has 0 spiro atoms. The molecule has 0 saturated heterocycles. The Morgan fingerprint density at radius 2 is 1.49 bits per heavy atom. The molecule has 1 aliphatic heterocycles. The summed E-state index contributed by atoms with van der Waals surface area (Å²) in [4.78, 5) is 13.3. The second-order valence-corrected chi connectivity index (χ2v) is 8.97. The van der Waals surface area contributed by atoms with Gasteiger partial charge in [0, 0.05) is 21.2 Å². The van der Waals surface area contributed by atoms with Gasteiger partial charge >= 0.3 is 5.69 Å². The molecule has 2 aromatic heterocycles. The maximum absolute atomic E-state index is 13.3. The normalized spacial score (nSPS) is 12.7. The number of hydrogen-bond donors (Lipinski definition) is 0. The van der Waals surface area contributed by atoms with Crippen LogP contribution in [0.3, 0.4) is 0 Å². The van der Waals surface area contributed by atoms with Crippen LogP contribution in [-0.4, -0.2) is 32.6 Å². The van der Waals surface area contributed by atoms with Crippen LogP contribution in [0.25, 0.3) is 27.9 Å². The first-order valence-corrected chi connectivity index (χ1v) is 11.7. The quantitative estimate of drug-likeness (QED) is 0.329. The van der Waals surface area contributed by atoms with E-state index in [1.54, 1.807) is 6.20 Å². The highest BCUT2D eigenvalue weighted by molar-refractivity contribution is 6.31. The Kier molecular flexibility index (Phi) is 5.43. The van der Waals surface area contributed by atoms with E-state index in [1.165, 1.54) is 9.20 Å². The van der Waals surface area contributed by atoms with E-state index in [1.807, 2.05) is 66.7 Å². The maximum Gasteiger partial charge on any atom is 0.367 e. The van der Waals surface area contributed by atoms with E-state index >= 15 is 0 Å². The van der Waals surface area contributed by atoms with Gasteiger partial charge in [0.25, 0.3) is 0 Å². The van der Waals surface area contributed by atoms with Crippen LogP contribution in [0.5, 0.6) is 11.5 Å². The van der Waals surface area contributed by atoms with Crippen molar-refractivity contribution in [3.63, 3.8) is 0 Å². The highest BCUT2D eigenvalue weighted by atomic mass is 35.5. The Hall–Kier alpha value is -3.81. The minimum Gasteiger partial charge on any atom is -0.486 e. The predicted molar refractivity (Wildman–Crippen MR) is 135 cm³/mol. The Labute approximate surface area is 210 Å². The van der Waals surface area contributed by atoms with E-state index < -0.39 is 0 Å². The largest absolute Gasteiger partial charge is 0.486 e. The molecule has 1 aliphatic rings. The van der Waals surface area contributed by atoms with Crippen molar-refractivity contribution in [2.45, 2.75) is 6.54 Å². The molecule has 6 rings (SSSR count). The van der Waals surface area contributed by atoms with Gasteiger partial charge < -0.3 is 9.47 Å². The second-order valence-electron chi connectivity index (χ2n) is 8.10. The van der Waals surface area contributed by atoms with Gasteiger partial charge in [0.2, 0.25) is 0 Å². The topological polar surface area (TPSA) is 70.7 Å². The third kappa shape index (κ3) is 4.03. The molecule has 0 fully saturated rings. The predicted octanol–water partition coefficient (Wildman–Crippen LogP) is 5.35. The lowest BCUT2D eigenvalue weighted by Crippen LogP contribution is -2.23. The van der Waals surface area contributed by atoms with Gasteiger partial charge in [-0.1, -0.05) is 53.5 Å². The number of ether oxygens (including phenoxy) is 2. The average molecular weight is 505 g/mol. The highest BCUT2D eigenvalue weighted by Crippen LogP contribution is 2.35. The van der Waals surface area contributed by atoms with Crippen LogP contribution >= 0.6 is 23.2 Å². The molecule has 0 saturated carbocycles. The van der Waals surface area contributed by atoms with Crippen LogP contribution < -0.4 is 15.2 Å². The number of rotatable bonds is 4. The Morgan fingerprint density at radius 1 is 0.829 bits per heavy atom. The fraction of sp³-hybridized carbons (Fsp3) is 0.115. The first-order chi connectivity index (χ1) is 17.1. The summed E-state index contributed by atoms with van der Waals surface area (Å²) in [6, 6.07) is 20.5. The molecule has 174 valence electrons. The van der Waals surface area contributed by atoms with Crippen molar-refractivity contribution < 1.29 is 9.47 Å². The number of halogens is 2. The molecule has 0 atom stereocenters. The van der Waals surface area contributed by atoms with Crippen LogP contribution in [0.2, 0.25) is 10.0 Å². The van der Waals surface area contributed by atoms with E-state index in [4.69, 9.17) is 37.8 Å². The molecule has 0 aliphatic carbocycles. The Balaban J connectivity index is 1.51. The summed E-state index contributed by atoms with van der Waals surface area (Å²) >= 11 is 12.2. The third-order valence-corrected chi connectivity index (χ3v) is 6.34. The molecule has 0 unspecified atom stereocenters. The zero-order valence-corrected chi connectivity index (χ0v) is 19.8. The molecule has 0 bridgehead atoms. The van der Waals surface area contributed by atoms with E-state index in [-0.39, 0.29) is 12.2 Å². The summed E-state index contributed by atoms with van der Waals surface area (Å²) in [5, 5.41) is 10.4. The summed E-state index contributed by atoms with van der Waals surface area (Å²) in [5.74, 6) is 1.36. The van der Waals surface area contributed by atoms with Gasteiger partial charge in [-0.2, -0.15) is 9.61 Å². The van der Waals surface area contributed by atoms with Crippen molar-refractivity contribution in [2.75, 3.05) is 13.2 Å². The molecule has 0 N–H and O–H groups in total. The summed E-state index contributed by atoms with van der Waals surface area (Å²) in [6.45, 7) is 1.27. The van der Waals surface area contributed by atoms with Gasteiger partial charge in [0.15, 0.2) is 17.1 Å². The SMILES string of the molecule is O=c1n(Cc2ccc3c(c2)OCCO3)nc2c(-c3ccc(Cl)cc3)c(-c3ccc(Cl)cc3)cnn12. The molecule has 3 heterocycles. The lowest BCUT2D eigenvalue weighted by atomic mass is 9.97. The van der Waals surface area contributed by atoms with Crippen LogP contribution in [-0.2, 0) is 6.54 Å². The van der Waals surface area contributed by atoms with Gasteiger partial charge in [-0.15, -0.1) is 5.10 Å². The summed E-state index contributed by atoms with van der Waals surface area (Å²) in [7, 11) is 0. The van der Waals surface area contributed by atoms with Crippen molar-refractivity contribution in [1.82, 2.24) is 19.4 Å². The van der Waals surface area contributed by atoms with E-state index in [0.717, 1.165) is 27.8 Å². The van der Waals surface area contributed by atoms with Crippen LogP contribution in [0.1, 0.15) is 5.56 Å². The number of fused-ring (bicyclic) bond motifs is 2. The Bertz CT molecular complexity index is 1610. The highest BCUT2D eigenvalue weighted by Gasteiger charge is 2.19. The monoisotopic (exact) mass is 504 g/mol. The van der Waals surface area contributed by atoms with Crippen LogP contribution in [0.4, 0.5) is 0 Å². The Morgan fingerprint density at radius 3 is 2.20 bits per heavy atom. The van der Waals surface area contributed by atoms with Crippen molar-refractivity contribution in [2.24, 2.45) is 0 Å². The number of nitrogens with zero attached hydrogens (tertiary/aromatic N) is 4. The summed E-state index contributed by atoms with van der Waals surface area (Å²) in [6.07, 6.45) is 1.68. The van der Waals surface area contributed by atoms with E-state index in [2.05, 4.69) is 5.10 Å². The number of aromatic nitrogens is 4. The smallest absolute Gasteiger partial charge is 0.367 e. The number of benzene rings is 3. The zero-order chi connectivity index (χ0) is 23.9. The summed E-state index contributed by atoms with van der Waals surface area (Å²) in [5.41, 5.74) is 4.34. The van der Waals surface area contributed by atoms with Crippen molar-refractivity contribution >= 4 is 28.8 Å². The number of hydrogen-bond acceptors (Lipinski definition) is 5. The molecule has 0 radical (unpaired) electrons. The fourth-order valence-electron chi connectivity index (χ4n) is 4.17. The lowest BCUT2D eigenvalue weighted by molar-refractivity contribution is 0.171. The van der Waals surface area contributed by atoms with Crippen molar-refractivity contribution in [3.8, 4) is 33.8 Å². The van der Waals surface area contributed by atoms with E-state index in [9.17, 15) is 4.79 Å². The molecule has 3 aromatic carbocycles. The van der Waals surface area contributed by atoms with Gasteiger partial charge in [0.05, 0.1) is 12.7 Å². The second kappa shape index (κ2) is 8.76. The van der Waals surface area contributed by atoms with Gasteiger partial charge in [-0.3, -0.25) is 0 Å². The first-order valence-electron chi connectivity index (χ1n) is 11.0. The molecular weight excluding hydrogens is 487 g/mol. The summed E-state index contributed by atoms with van der Waals surface area (Å²) < 4.78 is 14.0. The van der Waals surface area contributed by atoms with Crippen molar-refractivity contribution in [1.29, 1.82) is 0 Å². The molecule has 9 heteroatoms. The zero-order valence-electron chi connectivity index (χ0n) is 18.3. The average Bonchev–Trinajstić information content (AvgIpc) is 3.19. The van der Waals surface area contributed by atoms with Crippen LogP contribution in [0, 0.1) is 0 Å². The standard InChI is InChI=1S/C26H18Cl2N4O3/c27-19-6-2-17(3-7-19)21-14-29-32-25(24(21)18-4-8-20(28)9-5-18)30-31(26(32)33)15-16-1-10-22-23(13-16)35-12-11-34-22/h1-10,13-14H,11-12,15H2. The van der Waals surface area contributed by atoms with E-state index in [0.29, 0.717) is 40.4 Å². The first kappa shape index (κ1) is 21.7. The van der Waals surface area contributed by atoms with Crippen molar-refractivity contribution in [3.05, 3.63) is 99.0 Å². The fourth-order valence-corrected chi connectivity index (χ4v) is 4.42. The van der Waals surface area contributed by atoms with Gasteiger partial charge in [-0.05, 0) is 53.1 Å². The molecular formula is C26H18Cl2N4O3. The molecule has 0 amide bonds. The maximum atomic E-state index is 13.3. The molecule has 35 heavy (non-hydrogen) atoms. The minimum atomic E-state index is -0.340. The molecule has 5 aromatic rings. The minimum absolute atomic E-state index is 0.259. The van der Waals surface area contributed by atoms with Gasteiger partial charge in [-0.25, -0.2) is 9.48 Å². The van der Waals surface area contributed by atoms with Crippen LogP contribution in [0.15, 0.2) is 77.7 Å². The van der Waals surface area contributed by atoms with Gasteiger partial charge in [0.1, 0.15) is 13.2 Å².